The molecular formula is C15H20ClN3O3S. The van der Waals surface area contributed by atoms with Crippen molar-refractivity contribution in [2.24, 2.45) is 11.7 Å². The van der Waals surface area contributed by atoms with E-state index < -0.39 is 0 Å². The Morgan fingerprint density at radius 1 is 1.39 bits per heavy atom. The van der Waals surface area contributed by atoms with E-state index in [0.29, 0.717) is 23.2 Å². The highest BCUT2D eigenvalue weighted by Crippen LogP contribution is 2.35. The molecule has 2 rings (SSSR count). The lowest BCUT2D eigenvalue weighted by Crippen LogP contribution is -2.26. The van der Waals surface area contributed by atoms with E-state index in [1.165, 1.54) is 11.3 Å². The van der Waals surface area contributed by atoms with Crippen molar-refractivity contribution in [3.8, 4) is 22.8 Å². The molecule has 0 saturated heterocycles. The number of hydrogen-bond acceptors (Lipinski definition) is 6. The maximum absolute atomic E-state index is 11.8. The first-order valence-electron chi connectivity index (χ1n) is 6.78. The molecule has 0 aliphatic heterocycles. The maximum Gasteiger partial charge on any atom is 0.230 e. The minimum Gasteiger partial charge on any atom is -0.497 e. The van der Waals surface area contributed by atoms with E-state index in [2.05, 4.69) is 10.3 Å². The molecule has 0 fully saturated rings. The Hall–Kier alpha value is -1.83. The Balaban J connectivity index is 0.00000264. The number of nitrogens with two attached hydrogens (primary N) is 1. The zero-order valence-electron chi connectivity index (χ0n) is 13.2. The van der Waals surface area contributed by atoms with E-state index in [1.54, 1.807) is 21.1 Å². The van der Waals surface area contributed by atoms with Crippen molar-refractivity contribution in [2.45, 2.75) is 6.92 Å². The van der Waals surface area contributed by atoms with Crippen molar-refractivity contribution in [3.05, 3.63) is 23.6 Å². The molecule has 1 aromatic heterocycles. The second-order valence-electron chi connectivity index (χ2n) is 4.73. The summed E-state index contributed by atoms with van der Waals surface area (Å²) in [6.07, 6.45) is 0. The lowest BCUT2D eigenvalue weighted by molar-refractivity contribution is -0.119. The molecule has 1 aromatic carbocycles. The van der Waals surface area contributed by atoms with E-state index in [4.69, 9.17) is 15.2 Å². The van der Waals surface area contributed by atoms with Crippen molar-refractivity contribution in [2.75, 3.05) is 26.1 Å². The summed E-state index contributed by atoms with van der Waals surface area (Å²) in [5.41, 5.74) is 7.01. The number of thiazole rings is 1. The number of benzene rings is 1. The summed E-state index contributed by atoms with van der Waals surface area (Å²) in [5, 5.41) is 5.16. The molecular weight excluding hydrogens is 338 g/mol. The van der Waals surface area contributed by atoms with E-state index in [9.17, 15) is 4.79 Å². The predicted octanol–water partition coefficient (Wildman–Crippen LogP) is 2.78. The van der Waals surface area contributed by atoms with E-state index in [1.807, 2.05) is 23.6 Å². The minimum absolute atomic E-state index is 0. The van der Waals surface area contributed by atoms with Gasteiger partial charge in [0, 0.05) is 23.4 Å². The molecule has 0 saturated carbocycles. The van der Waals surface area contributed by atoms with Gasteiger partial charge in [-0.05, 0) is 18.2 Å². The number of aromatic nitrogens is 1. The molecule has 1 amide bonds. The normalized spacial score (nSPS) is 11.3. The molecule has 0 spiro atoms. The number of nitrogens with one attached hydrogen (secondary N) is 1. The average molecular weight is 358 g/mol. The van der Waals surface area contributed by atoms with Crippen molar-refractivity contribution in [1.82, 2.24) is 4.98 Å². The predicted molar refractivity (Wildman–Crippen MR) is 94.8 cm³/mol. The van der Waals surface area contributed by atoms with Crippen LogP contribution in [0.4, 0.5) is 5.13 Å². The van der Waals surface area contributed by atoms with Gasteiger partial charge in [0.05, 0.1) is 19.9 Å². The minimum atomic E-state index is -0.251. The number of carbonyl (C=O) groups excluding carboxylic acids is 1. The van der Waals surface area contributed by atoms with Crippen LogP contribution in [0.15, 0.2) is 23.6 Å². The molecule has 0 radical (unpaired) electrons. The molecule has 3 N–H and O–H groups in total. The molecule has 0 aliphatic carbocycles. The third-order valence-electron chi connectivity index (χ3n) is 3.22. The highest BCUT2D eigenvalue weighted by Gasteiger charge is 2.15. The smallest absolute Gasteiger partial charge is 0.230 e. The Bertz CT molecular complexity index is 663. The Morgan fingerprint density at radius 3 is 2.74 bits per heavy atom. The van der Waals surface area contributed by atoms with Crippen LogP contribution in [-0.4, -0.2) is 31.7 Å². The number of ether oxygens (including phenoxy) is 2. The first-order chi connectivity index (χ1) is 10.6. The second-order valence-corrected chi connectivity index (χ2v) is 5.59. The van der Waals surface area contributed by atoms with Gasteiger partial charge in [-0.1, -0.05) is 6.92 Å². The van der Waals surface area contributed by atoms with Gasteiger partial charge in [0.25, 0.3) is 0 Å². The zero-order valence-corrected chi connectivity index (χ0v) is 14.8. The zero-order chi connectivity index (χ0) is 16.1. The molecule has 1 heterocycles. The summed E-state index contributed by atoms with van der Waals surface area (Å²) < 4.78 is 10.6. The lowest BCUT2D eigenvalue weighted by atomic mass is 10.1. The van der Waals surface area contributed by atoms with Crippen LogP contribution in [0.1, 0.15) is 6.92 Å². The summed E-state index contributed by atoms with van der Waals surface area (Å²) in [6, 6.07) is 5.49. The number of carbonyl (C=O) groups is 1. The number of hydrogen-bond donors (Lipinski definition) is 2. The van der Waals surface area contributed by atoms with Crippen LogP contribution >= 0.6 is 23.7 Å². The van der Waals surface area contributed by atoms with E-state index in [0.717, 1.165) is 11.3 Å². The number of anilines is 1. The number of halogens is 1. The SMILES string of the molecule is COc1ccc(OC)c(-c2csc(NC(=O)C(C)CN)n2)c1.Cl. The van der Waals surface area contributed by atoms with Crippen molar-refractivity contribution >= 4 is 34.8 Å². The highest BCUT2D eigenvalue weighted by molar-refractivity contribution is 7.14. The Kier molecular flexibility index (Phi) is 7.28. The van der Waals surface area contributed by atoms with Crippen molar-refractivity contribution in [3.63, 3.8) is 0 Å². The van der Waals surface area contributed by atoms with Gasteiger partial charge in [0.1, 0.15) is 11.5 Å². The number of methoxy groups -OCH3 is 2. The summed E-state index contributed by atoms with van der Waals surface area (Å²) in [7, 11) is 3.20. The monoisotopic (exact) mass is 357 g/mol. The number of amides is 1. The molecule has 126 valence electrons. The van der Waals surface area contributed by atoms with Gasteiger partial charge in [-0.2, -0.15) is 0 Å². The standard InChI is InChI=1S/C15H19N3O3S.ClH/c1-9(7-16)14(19)18-15-17-12(8-22-15)11-6-10(20-2)4-5-13(11)21-3;/h4-6,8-9H,7,16H2,1-3H3,(H,17,18,19);1H. The molecule has 2 aromatic rings. The van der Waals surface area contributed by atoms with Gasteiger partial charge in [0.15, 0.2) is 5.13 Å². The van der Waals surface area contributed by atoms with E-state index in [-0.39, 0.29) is 24.2 Å². The van der Waals surface area contributed by atoms with Crippen LogP contribution < -0.4 is 20.5 Å². The molecule has 1 atom stereocenters. The first kappa shape index (κ1) is 19.2. The Labute approximate surface area is 145 Å². The first-order valence-corrected chi connectivity index (χ1v) is 7.65. The topological polar surface area (TPSA) is 86.5 Å². The fraction of sp³-hybridized carbons (Fsp3) is 0.333. The fourth-order valence-corrected chi connectivity index (χ4v) is 2.52. The van der Waals surface area contributed by atoms with Gasteiger partial charge in [0.2, 0.25) is 5.91 Å². The van der Waals surface area contributed by atoms with Crippen LogP contribution in [-0.2, 0) is 4.79 Å². The van der Waals surface area contributed by atoms with Crippen LogP contribution in [0, 0.1) is 5.92 Å². The van der Waals surface area contributed by atoms with Crippen LogP contribution in [0.25, 0.3) is 11.3 Å². The fourth-order valence-electron chi connectivity index (χ4n) is 1.80. The largest absolute Gasteiger partial charge is 0.497 e. The van der Waals surface area contributed by atoms with Crippen molar-refractivity contribution in [1.29, 1.82) is 0 Å². The molecule has 0 bridgehead atoms. The third-order valence-corrected chi connectivity index (χ3v) is 3.98. The lowest BCUT2D eigenvalue weighted by Gasteiger charge is -2.09. The van der Waals surface area contributed by atoms with Crippen molar-refractivity contribution < 1.29 is 14.3 Å². The van der Waals surface area contributed by atoms with Crippen LogP contribution in [0.3, 0.4) is 0 Å². The summed E-state index contributed by atoms with van der Waals surface area (Å²) >= 11 is 1.35. The van der Waals surface area contributed by atoms with Crippen LogP contribution in [0.2, 0.25) is 0 Å². The highest BCUT2D eigenvalue weighted by atomic mass is 35.5. The summed E-state index contributed by atoms with van der Waals surface area (Å²) in [6.45, 7) is 2.07. The quantitative estimate of drug-likeness (QED) is 0.830. The van der Waals surface area contributed by atoms with Gasteiger partial charge in [-0.3, -0.25) is 4.79 Å². The molecule has 6 nitrogen and oxygen atoms in total. The Morgan fingerprint density at radius 2 is 2.13 bits per heavy atom. The molecule has 0 aliphatic rings. The molecule has 1 unspecified atom stereocenters. The van der Waals surface area contributed by atoms with E-state index >= 15 is 0 Å². The van der Waals surface area contributed by atoms with Gasteiger partial charge in [-0.25, -0.2) is 4.98 Å². The maximum atomic E-state index is 11.8. The molecule has 8 heteroatoms. The number of rotatable bonds is 6. The average Bonchev–Trinajstić information content (AvgIpc) is 3.01. The second kappa shape index (κ2) is 8.71. The number of nitrogens with zero attached hydrogens (tertiary/aromatic N) is 1. The van der Waals surface area contributed by atoms with Gasteiger partial charge >= 0.3 is 0 Å². The van der Waals surface area contributed by atoms with Gasteiger partial charge in [-0.15, -0.1) is 23.7 Å². The van der Waals surface area contributed by atoms with Gasteiger partial charge < -0.3 is 20.5 Å². The van der Waals surface area contributed by atoms with Crippen LogP contribution in [0.5, 0.6) is 11.5 Å². The summed E-state index contributed by atoms with van der Waals surface area (Å²) in [5.74, 6) is 1.02. The third kappa shape index (κ3) is 4.57. The molecule has 23 heavy (non-hydrogen) atoms. The summed E-state index contributed by atoms with van der Waals surface area (Å²) in [4.78, 5) is 16.3.